The molecule has 18 heavy (non-hydrogen) atoms. The molecular formula is C14H18O3S. The predicted molar refractivity (Wildman–Crippen MR) is 71.7 cm³/mol. The second-order valence-corrected chi connectivity index (χ2v) is 7.34. The van der Waals surface area contributed by atoms with Crippen molar-refractivity contribution in [2.45, 2.75) is 38.4 Å². The molecule has 3 nitrogen and oxygen atoms in total. The molecule has 0 aromatic heterocycles. The number of Topliss-reactive ketones (excluding diaryl/α,β-unsaturated/α-hetero) is 1. The van der Waals surface area contributed by atoms with Crippen LogP contribution in [0.1, 0.15) is 40.7 Å². The lowest BCUT2D eigenvalue weighted by molar-refractivity contribution is 0.0981. The Labute approximate surface area is 108 Å². The molecule has 1 aliphatic heterocycles. The van der Waals surface area contributed by atoms with Crippen molar-refractivity contribution in [2.75, 3.05) is 5.75 Å². The highest BCUT2D eigenvalue weighted by atomic mass is 32.2. The molecule has 0 saturated carbocycles. The molecule has 1 aliphatic rings. The van der Waals surface area contributed by atoms with Crippen molar-refractivity contribution in [3.8, 4) is 0 Å². The van der Waals surface area contributed by atoms with E-state index in [-0.39, 0.29) is 11.5 Å². The summed E-state index contributed by atoms with van der Waals surface area (Å²) >= 11 is 0. The lowest BCUT2D eigenvalue weighted by Gasteiger charge is -2.21. The molecule has 1 unspecified atom stereocenters. The van der Waals surface area contributed by atoms with Crippen LogP contribution >= 0.6 is 0 Å². The minimum atomic E-state index is -3.25. The van der Waals surface area contributed by atoms with Gasteiger partial charge in [0.1, 0.15) is 5.25 Å². The van der Waals surface area contributed by atoms with Gasteiger partial charge in [-0.1, -0.05) is 30.2 Å². The smallest absolute Gasteiger partial charge is 0.181 e. The molecule has 1 fully saturated rings. The van der Waals surface area contributed by atoms with E-state index in [0.717, 1.165) is 17.5 Å². The van der Waals surface area contributed by atoms with E-state index in [1.54, 1.807) is 6.07 Å². The summed E-state index contributed by atoms with van der Waals surface area (Å²) in [4.78, 5) is 12.4. The minimum Gasteiger partial charge on any atom is -0.293 e. The van der Waals surface area contributed by atoms with Gasteiger partial charge in [0.2, 0.25) is 0 Å². The fourth-order valence-electron chi connectivity index (χ4n) is 2.51. The molecule has 0 amide bonds. The zero-order chi connectivity index (χ0) is 13.3. The molecule has 2 rings (SSSR count). The van der Waals surface area contributed by atoms with Crippen LogP contribution in [0.3, 0.4) is 0 Å². The summed E-state index contributed by atoms with van der Waals surface area (Å²) in [5, 5.41) is -0.826. The maximum absolute atomic E-state index is 12.4. The van der Waals surface area contributed by atoms with E-state index in [0.29, 0.717) is 18.4 Å². The fraction of sp³-hybridized carbons (Fsp3) is 0.500. The standard InChI is InChI=1S/C14H18O3S/c1-10-6-7-12(11(2)9-10)14(15)13-5-3-4-8-18(13,16)17/h6-7,9,13H,3-5,8H2,1-2H3. The Hall–Kier alpha value is -1.16. The largest absolute Gasteiger partial charge is 0.293 e. The van der Waals surface area contributed by atoms with Crippen LogP contribution < -0.4 is 0 Å². The highest BCUT2D eigenvalue weighted by molar-refractivity contribution is 7.92. The summed E-state index contributed by atoms with van der Waals surface area (Å²) in [7, 11) is -3.25. The Morgan fingerprint density at radius 3 is 2.56 bits per heavy atom. The zero-order valence-electron chi connectivity index (χ0n) is 10.8. The van der Waals surface area contributed by atoms with Crippen LogP contribution in [-0.4, -0.2) is 25.2 Å². The van der Waals surface area contributed by atoms with Gasteiger partial charge in [-0.05, 0) is 32.3 Å². The van der Waals surface area contributed by atoms with E-state index in [1.807, 2.05) is 26.0 Å². The first-order valence-corrected chi connectivity index (χ1v) is 7.96. The van der Waals surface area contributed by atoms with Crippen molar-refractivity contribution in [2.24, 2.45) is 0 Å². The van der Waals surface area contributed by atoms with Crippen molar-refractivity contribution in [1.82, 2.24) is 0 Å². The average molecular weight is 266 g/mol. The zero-order valence-corrected chi connectivity index (χ0v) is 11.6. The first-order chi connectivity index (χ1) is 8.42. The molecule has 0 radical (unpaired) electrons. The predicted octanol–water partition coefficient (Wildman–Crippen LogP) is 2.45. The van der Waals surface area contributed by atoms with Crippen LogP contribution in [0.15, 0.2) is 18.2 Å². The summed E-state index contributed by atoms with van der Waals surface area (Å²) in [5.74, 6) is -0.0823. The number of aryl methyl sites for hydroxylation is 2. The first kappa shape index (κ1) is 13.3. The molecular weight excluding hydrogens is 248 g/mol. The van der Waals surface area contributed by atoms with Crippen molar-refractivity contribution < 1.29 is 13.2 Å². The van der Waals surface area contributed by atoms with Gasteiger partial charge in [-0.15, -0.1) is 0 Å². The Bertz CT molecular complexity index is 573. The van der Waals surface area contributed by atoms with E-state index < -0.39 is 15.1 Å². The normalized spacial score (nSPS) is 22.7. The van der Waals surface area contributed by atoms with Crippen LogP contribution in [0.5, 0.6) is 0 Å². The molecule has 98 valence electrons. The van der Waals surface area contributed by atoms with Crippen molar-refractivity contribution in [3.05, 3.63) is 34.9 Å². The third-order valence-corrected chi connectivity index (χ3v) is 5.69. The Morgan fingerprint density at radius 1 is 1.22 bits per heavy atom. The molecule has 1 heterocycles. The maximum atomic E-state index is 12.4. The van der Waals surface area contributed by atoms with E-state index in [9.17, 15) is 13.2 Å². The number of carbonyl (C=O) groups excluding carboxylic acids is 1. The van der Waals surface area contributed by atoms with Gasteiger partial charge in [0.25, 0.3) is 0 Å². The van der Waals surface area contributed by atoms with E-state index in [4.69, 9.17) is 0 Å². The molecule has 4 heteroatoms. The van der Waals surface area contributed by atoms with Crippen LogP contribution in [0.4, 0.5) is 0 Å². The van der Waals surface area contributed by atoms with Crippen molar-refractivity contribution in [3.63, 3.8) is 0 Å². The number of sulfone groups is 1. The van der Waals surface area contributed by atoms with E-state index in [1.165, 1.54) is 0 Å². The first-order valence-electron chi connectivity index (χ1n) is 6.25. The lowest BCUT2D eigenvalue weighted by Crippen LogP contribution is -2.35. The molecule has 0 N–H and O–H groups in total. The number of ketones is 1. The Morgan fingerprint density at radius 2 is 1.94 bits per heavy atom. The second-order valence-electron chi connectivity index (χ2n) is 5.03. The van der Waals surface area contributed by atoms with Crippen LogP contribution in [0, 0.1) is 13.8 Å². The van der Waals surface area contributed by atoms with Gasteiger partial charge in [0.05, 0.1) is 5.75 Å². The number of benzene rings is 1. The molecule has 1 atom stereocenters. The van der Waals surface area contributed by atoms with Gasteiger partial charge < -0.3 is 0 Å². The third-order valence-electron chi connectivity index (χ3n) is 3.52. The molecule has 0 spiro atoms. The molecule has 0 bridgehead atoms. The number of rotatable bonds is 2. The third kappa shape index (κ3) is 2.48. The average Bonchev–Trinajstić information content (AvgIpc) is 2.27. The Kier molecular flexibility index (Phi) is 3.57. The topological polar surface area (TPSA) is 51.2 Å². The van der Waals surface area contributed by atoms with Crippen LogP contribution in [0.2, 0.25) is 0 Å². The van der Waals surface area contributed by atoms with E-state index in [2.05, 4.69) is 0 Å². The van der Waals surface area contributed by atoms with E-state index >= 15 is 0 Å². The quantitative estimate of drug-likeness (QED) is 0.773. The molecule has 0 aliphatic carbocycles. The summed E-state index contributed by atoms with van der Waals surface area (Å²) in [5.41, 5.74) is 2.49. The van der Waals surface area contributed by atoms with Gasteiger partial charge in [-0.2, -0.15) is 0 Å². The van der Waals surface area contributed by atoms with Gasteiger partial charge in [0, 0.05) is 5.56 Å². The summed E-state index contributed by atoms with van der Waals surface area (Å²) in [6.07, 6.45) is 1.97. The SMILES string of the molecule is Cc1ccc(C(=O)C2CCCCS2(=O)=O)c(C)c1. The van der Waals surface area contributed by atoms with Crippen molar-refractivity contribution >= 4 is 15.6 Å². The minimum absolute atomic E-state index is 0.147. The molecule has 1 saturated heterocycles. The van der Waals surface area contributed by atoms with Gasteiger partial charge in [-0.25, -0.2) is 8.42 Å². The number of hydrogen-bond acceptors (Lipinski definition) is 3. The monoisotopic (exact) mass is 266 g/mol. The van der Waals surface area contributed by atoms with Crippen LogP contribution in [0.25, 0.3) is 0 Å². The fourth-order valence-corrected chi connectivity index (χ4v) is 4.38. The highest BCUT2D eigenvalue weighted by Gasteiger charge is 2.35. The summed E-state index contributed by atoms with van der Waals surface area (Å²) < 4.78 is 23.9. The van der Waals surface area contributed by atoms with Crippen LogP contribution in [-0.2, 0) is 9.84 Å². The lowest BCUT2D eigenvalue weighted by atomic mass is 9.98. The summed E-state index contributed by atoms with van der Waals surface area (Å²) in [6, 6.07) is 5.52. The van der Waals surface area contributed by atoms with Gasteiger partial charge in [0.15, 0.2) is 15.6 Å². The number of hydrogen-bond donors (Lipinski definition) is 0. The van der Waals surface area contributed by atoms with Gasteiger partial charge in [-0.3, -0.25) is 4.79 Å². The molecule has 1 aromatic rings. The van der Waals surface area contributed by atoms with Gasteiger partial charge >= 0.3 is 0 Å². The van der Waals surface area contributed by atoms with Crippen molar-refractivity contribution in [1.29, 1.82) is 0 Å². The highest BCUT2D eigenvalue weighted by Crippen LogP contribution is 2.24. The Balaban J connectivity index is 2.36. The summed E-state index contributed by atoms with van der Waals surface area (Å²) in [6.45, 7) is 3.81. The second kappa shape index (κ2) is 4.84. The maximum Gasteiger partial charge on any atom is 0.181 e. The molecule has 1 aromatic carbocycles. The number of carbonyl (C=O) groups is 1.